The predicted molar refractivity (Wildman–Crippen MR) is 82.2 cm³/mol. The molecule has 0 aliphatic carbocycles. The van der Waals surface area contributed by atoms with Crippen LogP contribution in [0.2, 0.25) is 0 Å². The van der Waals surface area contributed by atoms with E-state index >= 15 is 0 Å². The maximum absolute atomic E-state index is 11.0. The number of fused-ring (bicyclic) bond motifs is 2. The smallest absolute Gasteiger partial charge is 0.339 e. The van der Waals surface area contributed by atoms with Crippen molar-refractivity contribution >= 4 is 23.3 Å². The monoisotopic (exact) mass is 328 g/mol. The molecule has 24 heavy (non-hydrogen) atoms. The van der Waals surface area contributed by atoms with Crippen molar-refractivity contribution in [1.82, 2.24) is 0 Å². The predicted octanol–water partition coefficient (Wildman–Crippen LogP) is 2.20. The van der Waals surface area contributed by atoms with E-state index in [1.807, 2.05) is 0 Å². The molecule has 0 fully saturated rings. The van der Waals surface area contributed by atoms with Gasteiger partial charge in [0.1, 0.15) is 13.2 Å². The minimum Gasteiger partial charge on any atom is -0.457 e. The number of nitrogen functional groups attached to an aromatic ring is 1. The van der Waals surface area contributed by atoms with Crippen molar-refractivity contribution in [3.8, 4) is 0 Å². The number of hydrogen-bond acceptors (Lipinski definition) is 7. The number of nitro benzene ring substituents is 1. The Kier molecular flexibility index (Phi) is 3.87. The molecular weight excluding hydrogens is 316 g/mol. The minimum absolute atomic E-state index is 0.00528. The molecule has 8 nitrogen and oxygen atoms in total. The number of ether oxygens (including phenoxy) is 2. The van der Waals surface area contributed by atoms with Gasteiger partial charge in [-0.3, -0.25) is 10.1 Å². The fraction of sp³-hybridized carbons (Fsp3) is 0.125. The molecule has 2 aromatic rings. The summed E-state index contributed by atoms with van der Waals surface area (Å²) in [4.78, 5) is 31.9. The Hall–Kier alpha value is -3.42. The number of esters is 2. The van der Waals surface area contributed by atoms with E-state index < -0.39 is 10.9 Å². The van der Waals surface area contributed by atoms with Crippen molar-refractivity contribution in [2.24, 2.45) is 0 Å². The van der Waals surface area contributed by atoms with E-state index in [9.17, 15) is 19.7 Å². The number of anilines is 1. The van der Waals surface area contributed by atoms with Gasteiger partial charge in [0.05, 0.1) is 21.6 Å². The summed E-state index contributed by atoms with van der Waals surface area (Å²) in [6.45, 7) is 0.326. The van der Waals surface area contributed by atoms with E-state index in [0.717, 1.165) is 5.56 Å². The molecule has 0 amide bonds. The zero-order valence-electron chi connectivity index (χ0n) is 12.4. The number of nitro groups is 1. The minimum atomic E-state index is -0.513. The number of cyclic esters (lactones) is 2. The van der Waals surface area contributed by atoms with Crippen LogP contribution in [0.3, 0.4) is 0 Å². The van der Waals surface area contributed by atoms with Gasteiger partial charge in [0.2, 0.25) is 0 Å². The Bertz CT molecular complexity index is 862. The van der Waals surface area contributed by atoms with Crippen LogP contribution in [0.15, 0.2) is 36.4 Å². The molecular formula is C16H12N2O6. The van der Waals surface area contributed by atoms with E-state index in [2.05, 4.69) is 4.74 Å². The second-order valence-corrected chi connectivity index (χ2v) is 5.09. The Labute approximate surface area is 135 Å². The van der Waals surface area contributed by atoms with Crippen molar-refractivity contribution in [3.63, 3.8) is 0 Å². The normalized spacial score (nSPS) is 14.0. The summed E-state index contributed by atoms with van der Waals surface area (Å²) in [7, 11) is 0. The lowest BCUT2D eigenvalue weighted by molar-refractivity contribution is -0.385. The molecule has 0 saturated heterocycles. The van der Waals surface area contributed by atoms with E-state index in [1.54, 1.807) is 18.2 Å². The quantitative estimate of drug-likeness (QED) is 0.368. The number of benzene rings is 2. The van der Waals surface area contributed by atoms with Crippen LogP contribution in [0.4, 0.5) is 11.4 Å². The molecule has 0 bridgehead atoms. The van der Waals surface area contributed by atoms with Crippen LogP contribution in [-0.2, 0) is 22.7 Å². The third kappa shape index (κ3) is 2.65. The molecule has 4 rings (SSSR count). The molecule has 2 aliphatic rings. The largest absolute Gasteiger partial charge is 0.457 e. The van der Waals surface area contributed by atoms with Gasteiger partial charge in [0.25, 0.3) is 5.69 Å². The first-order valence-electron chi connectivity index (χ1n) is 6.97. The standard InChI is InChI=1S/C8H5NO4.C8H7NO2/c10-8-5-2-1-3-7(9(11)12)6(5)4-13-8;9-7-3-1-2-5-6(7)4-11-8(5)10/h1-3H,4H2;1-3H,4,9H2. The number of nitrogens with zero attached hydrogens (tertiary/aromatic N) is 1. The molecule has 2 aliphatic heterocycles. The topological polar surface area (TPSA) is 122 Å². The zero-order chi connectivity index (χ0) is 17.3. The van der Waals surface area contributed by atoms with Crippen LogP contribution in [0.1, 0.15) is 31.8 Å². The van der Waals surface area contributed by atoms with Crippen LogP contribution < -0.4 is 5.73 Å². The summed E-state index contributed by atoms with van der Waals surface area (Å²) in [5.74, 6) is -0.758. The lowest BCUT2D eigenvalue weighted by Crippen LogP contribution is -1.95. The van der Waals surface area contributed by atoms with Gasteiger partial charge in [-0.1, -0.05) is 12.1 Å². The molecule has 8 heteroatoms. The molecule has 0 aromatic heterocycles. The Morgan fingerprint density at radius 2 is 1.46 bits per heavy atom. The van der Waals surface area contributed by atoms with Crippen molar-refractivity contribution in [1.29, 1.82) is 0 Å². The van der Waals surface area contributed by atoms with E-state index in [1.165, 1.54) is 18.2 Å². The van der Waals surface area contributed by atoms with Crippen LogP contribution in [-0.4, -0.2) is 16.9 Å². The SMILES string of the molecule is Nc1cccc2c1COC2=O.O=C1OCc2c1cccc2[N+](=O)[O-]. The first-order valence-corrected chi connectivity index (χ1v) is 6.97. The molecule has 0 spiro atoms. The molecule has 0 radical (unpaired) electrons. The summed E-state index contributed by atoms with van der Waals surface area (Å²) in [6.07, 6.45) is 0. The highest BCUT2D eigenvalue weighted by Crippen LogP contribution is 2.28. The first kappa shape index (κ1) is 15.5. The lowest BCUT2D eigenvalue weighted by atomic mass is 10.1. The number of rotatable bonds is 1. The Balaban J connectivity index is 0.000000143. The molecule has 0 unspecified atom stereocenters. The summed E-state index contributed by atoms with van der Waals surface area (Å²) in [5, 5.41) is 10.5. The fourth-order valence-corrected chi connectivity index (χ4v) is 2.48. The van der Waals surface area contributed by atoms with Crippen molar-refractivity contribution in [2.45, 2.75) is 13.2 Å². The van der Waals surface area contributed by atoms with Crippen LogP contribution in [0.5, 0.6) is 0 Å². The zero-order valence-corrected chi connectivity index (χ0v) is 12.4. The molecule has 0 atom stereocenters. The first-order chi connectivity index (χ1) is 11.5. The number of carbonyl (C=O) groups excluding carboxylic acids is 2. The third-order valence-corrected chi connectivity index (χ3v) is 3.70. The summed E-state index contributed by atoms with van der Waals surface area (Å²) < 4.78 is 9.46. The second kappa shape index (κ2) is 5.99. The highest BCUT2D eigenvalue weighted by Gasteiger charge is 2.28. The summed E-state index contributed by atoms with van der Waals surface area (Å²) in [5.41, 5.74) is 8.27. The average molecular weight is 328 g/mol. The Morgan fingerprint density at radius 3 is 2.04 bits per heavy atom. The van der Waals surface area contributed by atoms with Crippen LogP contribution in [0, 0.1) is 10.1 Å². The van der Waals surface area contributed by atoms with E-state index in [4.69, 9.17) is 10.5 Å². The van der Waals surface area contributed by atoms with Gasteiger partial charge in [-0.05, 0) is 18.2 Å². The average Bonchev–Trinajstić information content (AvgIpc) is 3.13. The lowest BCUT2D eigenvalue weighted by Gasteiger charge is -1.96. The van der Waals surface area contributed by atoms with Gasteiger partial charge >= 0.3 is 11.9 Å². The summed E-state index contributed by atoms with van der Waals surface area (Å²) in [6, 6.07) is 9.60. The van der Waals surface area contributed by atoms with Gasteiger partial charge in [-0.2, -0.15) is 0 Å². The van der Waals surface area contributed by atoms with Gasteiger partial charge in [-0.15, -0.1) is 0 Å². The molecule has 2 aromatic carbocycles. The third-order valence-electron chi connectivity index (χ3n) is 3.70. The van der Waals surface area contributed by atoms with Gasteiger partial charge in [0, 0.05) is 17.3 Å². The van der Waals surface area contributed by atoms with Crippen molar-refractivity contribution in [2.75, 3.05) is 5.73 Å². The van der Waals surface area contributed by atoms with Crippen molar-refractivity contribution in [3.05, 3.63) is 68.8 Å². The van der Waals surface area contributed by atoms with E-state index in [0.29, 0.717) is 29.0 Å². The van der Waals surface area contributed by atoms with Gasteiger partial charge in [0.15, 0.2) is 0 Å². The highest BCUT2D eigenvalue weighted by molar-refractivity contribution is 5.95. The fourth-order valence-electron chi connectivity index (χ4n) is 2.48. The van der Waals surface area contributed by atoms with Gasteiger partial charge < -0.3 is 15.2 Å². The van der Waals surface area contributed by atoms with E-state index in [-0.39, 0.29) is 18.3 Å². The van der Waals surface area contributed by atoms with Crippen LogP contribution in [0.25, 0.3) is 0 Å². The number of nitrogens with two attached hydrogens (primary N) is 1. The molecule has 2 heterocycles. The maximum atomic E-state index is 11.0. The molecule has 2 N–H and O–H groups in total. The van der Waals surface area contributed by atoms with Crippen molar-refractivity contribution < 1.29 is 24.0 Å². The second-order valence-electron chi connectivity index (χ2n) is 5.09. The number of hydrogen-bond donors (Lipinski definition) is 1. The Morgan fingerprint density at radius 1 is 0.917 bits per heavy atom. The molecule has 122 valence electrons. The maximum Gasteiger partial charge on any atom is 0.339 e. The number of carbonyl (C=O) groups is 2. The molecule has 0 saturated carbocycles. The highest BCUT2D eigenvalue weighted by atomic mass is 16.6. The van der Waals surface area contributed by atoms with Gasteiger partial charge in [-0.25, -0.2) is 9.59 Å². The summed E-state index contributed by atoms with van der Waals surface area (Å²) >= 11 is 0. The van der Waals surface area contributed by atoms with Crippen LogP contribution >= 0.6 is 0 Å².